The van der Waals surface area contributed by atoms with Crippen molar-refractivity contribution in [3.05, 3.63) is 58.3 Å². The molecular weight excluding hydrogens is 385 g/mol. The molecule has 3 rings (SSSR count). The molecule has 0 spiro atoms. The van der Waals surface area contributed by atoms with Crippen LogP contribution in [0.3, 0.4) is 0 Å². The highest BCUT2D eigenvalue weighted by atomic mass is 35.5. The molecule has 1 aromatic heterocycles. The number of benzene rings is 2. The van der Waals surface area contributed by atoms with Crippen molar-refractivity contribution >= 4 is 38.7 Å². The van der Waals surface area contributed by atoms with Gasteiger partial charge in [-0.2, -0.15) is 4.68 Å². The summed E-state index contributed by atoms with van der Waals surface area (Å²) in [6.07, 6.45) is 1.16. The van der Waals surface area contributed by atoms with Crippen LogP contribution in [0.25, 0.3) is 5.69 Å². The molecule has 7 nitrogen and oxygen atoms in total. The van der Waals surface area contributed by atoms with E-state index in [1.807, 2.05) is 0 Å². The van der Waals surface area contributed by atoms with E-state index in [0.717, 1.165) is 6.26 Å². The van der Waals surface area contributed by atoms with E-state index in [-0.39, 0.29) is 4.90 Å². The number of nitrogens with one attached hydrogen (secondary N) is 1. The number of nitrogens with zero attached hydrogens (tertiary/aromatic N) is 4. The number of halogens is 2. The molecular formula is C15H13Cl2N5O2S. The molecule has 0 fully saturated rings. The lowest BCUT2D eigenvalue weighted by Crippen LogP contribution is -2.09. The fourth-order valence-electron chi connectivity index (χ4n) is 2.16. The van der Waals surface area contributed by atoms with Gasteiger partial charge in [0.25, 0.3) is 0 Å². The third kappa shape index (κ3) is 4.09. The second-order valence-electron chi connectivity index (χ2n) is 5.25. The van der Waals surface area contributed by atoms with Crippen molar-refractivity contribution in [2.75, 3.05) is 11.6 Å². The Labute approximate surface area is 154 Å². The molecule has 0 bridgehead atoms. The van der Waals surface area contributed by atoms with Gasteiger partial charge in [0, 0.05) is 11.3 Å². The van der Waals surface area contributed by atoms with E-state index in [1.54, 1.807) is 30.3 Å². The molecule has 0 aliphatic rings. The third-order valence-electron chi connectivity index (χ3n) is 3.41. The Hall–Kier alpha value is -2.16. The van der Waals surface area contributed by atoms with Crippen molar-refractivity contribution in [1.29, 1.82) is 0 Å². The topological polar surface area (TPSA) is 89.8 Å². The van der Waals surface area contributed by atoms with E-state index in [4.69, 9.17) is 23.2 Å². The van der Waals surface area contributed by atoms with Crippen molar-refractivity contribution in [1.82, 2.24) is 20.2 Å². The first-order valence-electron chi connectivity index (χ1n) is 7.11. The van der Waals surface area contributed by atoms with Crippen LogP contribution in [0.5, 0.6) is 0 Å². The summed E-state index contributed by atoms with van der Waals surface area (Å²) in [5.74, 6) is 0.531. The second-order valence-corrected chi connectivity index (χ2v) is 8.11. The van der Waals surface area contributed by atoms with E-state index in [0.29, 0.717) is 33.8 Å². The van der Waals surface area contributed by atoms with Gasteiger partial charge in [0.1, 0.15) is 0 Å². The van der Waals surface area contributed by atoms with Gasteiger partial charge in [-0.05, 0) is 52.9 Å². The van der Waals surface area contributed by atoms with Crippen LogP contribution in [0, 0.1) is 0 Å². The second kappa shape index (κ2) is 6.99. The highest BCUT2D eigenvalue weighted by Crippen LogP contribution is 2.25. The Bertz CT molecular complexity index is 1000. The van der Waals surface area contributed by atoms with Gasteiger partial charge in [-0.3, -0.25) is 0 Å². The Morgan fingerprint density at radius 3 is 2.52 bits per heavy atom. The van der Waals surface area contributed by atoms with Crippen LogP contribution < -0.4 is 5.32 Å². The van der Waals surface area contributed by atoms with E-state index in [1.165, 1.54) is 16.8 Å². The van der Waals surface area contributed by atoms with Gasteiger partial charge in [0.15, 0.2) is 15.7 Å². The summed E-state index contributed by atoms with van der Waals surface area (Å²) in [6.45, 7) is 0.306. The molecule has 0 radical (unpaired) electrons. The van der Waals surface area contributed by atoms with Crippen LogP contribution in [0.2, 0.25) is 10.0 Å². The number of aromatic nitrogens is 4. The summed E-state index contributed by atoms with van der Waals surface area (Å²) in [5, 5.41) is 15.8. The minimum absolute atomic E-state index is 0.231. The monoisotopic (exact) mass is 397 g/mol. The Morgan fingerprint density at radius 1 is 1.12 bits per heavy atom. The fraction of sp³-hybridized carbons (Fsp3) is 0.133. The SMILES string of the molecule is CS(=O)(=O)c1ccc(-n2nnnc2CNc2cc(Cl)ccc2Cl)cc1. The molecule has 130 valence electrons. The molecule has 0 saturated carbocycles. The van der Waals surface area contributed by atoms with Gasteiger partial charge in [-0.1, -0.05) is 23.2 Å². The van der Waals surface area contributed by atoms with Crippen LogP contribution >= 0.6 is 23.2 Å². The summed E-state index contributed by atoms with van der Waals surface area (Å²) in [7, 11) is -3.25. The zero-order valence-corrected chi connectivity index (χ0v) is 15.3. The van der Waals surface area contributed by atoms with Crippen molar-refractivity contribution in [2.45, 2.75) is 11.4 Å². The zero-order chi connectivity index (χ0) is 18.0. The summed E-state index contributed by atoms with van der Waals surface area (Å²) in [4.78, 5) is 0.231. The predicted octanol–water partition coefficient (Wildman–Crippen LogP) is 2.98. The Balaban J connectivity index is 1.82. The zero-order valence-electron chi connectivity index (χ0n) is 13.0. The number of rotatable bonds is 5. The van der Waals surface area contributed by atoms with Gasteiger partial charge in [0.2, 0.25) is 0 Å². The van der Waals surface area contributed by atoms with Gasteiger partial charge in [0.05, 0.1) is 27.8 Å². The van der Waals surface area contributed by atoms with Crippen LogP contribution in [0.4, 0.5) is 5.69 Å². The lowest BCUT2D eigenvalue weighted by molar-refractivity contribution is 0.602. The average Bonchev–Trinajstić information content (AvgIpc) is 3.03. The predicted molar refractivity (Wildman–Crippen MR) is 96.1 cm³/mol. The molecule has 3 aromatic rings. The number of tetrazole rings is 1. The molecule has 0 saturated heterocycles. The number of anilines is 1. The molecule has 1 N–H and O–H groups in total. The maximum atomic E-state index is 11.5. The quantitative estimate of drug-likeness (QED) is 0.711. The lowest BCUT2D eigenvalue weighted by Gasteiger charge is -2.09. The highest BCUT2D eigenvalue weighted by Gasteiger charge is 2.11. The van der Waals surface area contributed by atoms with E-state index in [9.17, 15) is 8.42 Å². The van der Waals surface area contributed by atoms with E-state index < -0.39 is 9.84 Å². The maximum Gasteiger partial charge on any atom is 0.175 e. The lowest BCUT2D eigenvalue weighted by atomic mass is 10.3. The van der Waals surface area contributed by atoms with Crippen LogP contribution in [0.15, 0.2) is 47.4 Å². The number of sulfone groups is 1. The van der Waals surface area contributed by atoms with Crippen LogP contribution in [0.1, 0.15) is 5.82 Å². The van der Waals surface area contributed by atoms with Gasteiger partial charge in [-0.15, -0.1) is 5.10 Å². The largest absolute Gasteiger partial charge is 0.376 e. The van der Waals surface area contributed by atoms with Crippen LogP contribution in [-0.2, 0) is 16.4 Å². The van der Waals surface area contributed by atoms with E-state index >= 15 is 0 Å². The van der Waals surface area contributed by atoms with E-state index in [2.05, 4.69) is 20.8 Å². The number of hydrogen-bond acceptors (Lipinski definition) is 6. The average molecular weight is 398 g/mol. The summed E-state index contributed by atoms with van der Waals surface area (Å²) in [5.41, 5.74) is 1.31. The summed E-state index contributed by atoms with van der Waals surface area (Å²) < 4.78 is 24.6. The fourth-order valence-corrected chi connectivity index (χ4v) is 3.15. The number of hydrogen-bond donors (Lipinski definition) is 1. The molecule has 10 heteroatoms. The molecule has 0 aliphatic carbocycles. The standard InChI is InChI=1S/C15H13Cl2N5O2S/c1-25(23,24)12-5-3-11(4-6-12)22-15(19-20-21-22)9-18-14-8-10(16)2-7-13(14)17/h2-8,18H,9H2,1H3. The van der Waals surface area contributed by atoms with Crippen molar-refractivity contribution in [3.8, 4) is 5.69 Å². The smallest absolute Gasteiger partial charge is 0.175 e. The van der Waals surface area contributed by atoms with Gasteiger partial charge >= 0.3 is 0 Å². The maximum absolute atomic E-state index is 11.5. The van der Waals surface area contributed by atoms with Crippen molar-refractivity contribution < 1.29 is 8.42 Å². The Morgan fingerprint density at radius 2 is 1.84 bits per heavy atom. The molecule has 25 heavy (non-hydrogen) atoms. The first-order chi connectivity index (χ1) is 11.8. The summed E-state index contributed by atoms with van der Waals surface area (Å²) >= 11 is 12.1. The Kier molecular flexibility index (Phi) is 4.94. The minimum atomic E-state index is -3.25. The van der Waals surface area contributed by atoms with Gasteiger partial charge < -0.3 is 5.32 Å². The molecule has 0 atom stereocenters. The van der Waals surface area contributed by atoms with Crippen molar-refractivity contribution in [2.24, 2.45) is 0 Å². The summed E-state index contributed by atoms with van der Waals surface area (Å²) in [6, 6.07) is 11.4. The molecule has 0 amide bonds. The molecule has 1 heterocycles. The first kappa shape index (κ1) is 17.7. The third-order valence-corrected chi connectivity index (χ3v) is 5.10. The minimum Gasteiger partial charge on any atom is -0.376 e. The molecule has 0 unspecified atom stereocenters. The van der Waals surface area contributed by atoms with Crippen LogP contribution in [-0.4, -0.2) is 34.9 Å². The highest BCUT2D eigenvalue weighted by molar-refractivity contribution is 7.90. The molecule has 0 aliphatic heterocycles. The van der Waals surface area contributed by atoms with Crippen molar-refractivity contribution in [3.63, 3.8) is 0 Å². The first-order valence-corrected chi connectivity index (χ1v) is 9.76. The van der Waals surface area contributed by atoms with Gasteiger partial charge in [-0.25, -0.2) is 8.42 Å². The molecule has 2 aromatic carbocycles. The normalized spacial score (nSPS) is 11.5.